The number of hydrogen-bond acceptors (Lipinski definition) is 5. The first-order chi connectivity index (χ1) is 12.2. The summed E-state index contributed by atoms with van der Waals surface area (Å²) in [4.78, 5) is 13.9. The second kappa shape index (κ2) is 5.39. The molecule has 3 aromatic heterocycles. The van der Waals surface area contributed by atoms with E-state index in [9.17, 15) is 0 Å². The van der Waals surface area contributed by atoms with Gasteiger partial charge in [-0.25, -0.2) is 9.98 Å². The summed E-state index contributed by atoms with van der Waals surface area (Å²) in [5, 5.41) is 11.2. The highest BCUT2D eigenvalue weighted by atomic mass is 35.5. The van der Waals surface area contributed by atoms with Crippen LogP contribution in [0.5, 0.6) is 0 Å². The molecule has 1 aliphatic carbocycles. The molecular weight excluding hydrogens is 336 g/mol. The van der Waals surface area contributed by atoms with Crippen LogP contribution in [-0.2, 0) is 0 Å². The smallest absolute Gasteiger partial charge is 0.178 e. The second-order valence-corrected chi connectivity index (χ2v) is 6.80. The summed E-state index contributed by atoms with van der Waals surface area (Å²) in [6.45, 7) is 1.95. The summed E-state index contributed by atoms with van der Waals surface area (Å²) in [6, 6.07) is 6.01. The Morgan fingerprint density at radius 3 is 2.88 bits per heavy atom. The van der Waals surface area contributed by atoms with Crippen LogP contribution in [0.2, 0.25) is 5.02 Å². The van der Waals surface area contributed by atoms with Crippen molar-refractivity contribution in [1.82, 2.24) is 20.2 Å². The number of hydrogen-bond donors (Lipinski definition) is 2. The van der Waals surface area contributed by atoms with Gasteiger partial charge in [0.25, 0.3) is 0 Å². The highest BCUT2D eigenvalue weighted by Gasteiger charge is 2.29. The minimum absolute atomic E-state index is 0.551. The molecule has 1 saturated carbocycles. The number of anilines is 2. The van der Waals surface area contributed by atoms with Crippen molar-refractivity contribution in [2.24, 2.45) is 4.99 Å². The zero-order valence-corrected chi connectivity index (χ0v) is 14.3. The third-order valence-electron chi connectivity index (χ3n) is 4.56. The lowest BCUT2D eigenvalue weighted by Gasteiger charge is -2.12. The normalized spacial score (nSPS) is 15.7. The number of aromatic amines is 1. The van der Waals surface area contributed by atoms with Gasteiger partial charge in [0.2, 0.25) is 0 Å². The topological polar surface area (TPSA) is 78.8 Å². The Labute approximate surface area is 149 Å². The molecule has 1 fully saturated rings. The molecule has 7 heteroatoms. The lowest BCUT2D eigenvalue weighted by Crippen LogP contribution is -2.10. The molecule has 0 bridgehead atoms. The summed E-state index contributed by atoms with van der Waals surface area (Å²) in [6.07, 6.45) is 5.74. The van der Waals surface area contributed by atoms with Crippen molar-refractivity contribution >= 4 is 34.5 Å². The minimum Gasteiger partial charge on any atom is -0.335 e. The van der Waals surface area contributed by atoms with Crippen LogP contribution in [0.25, 0.3) is 0 Å². The number of aromatic nitrogens is 4. The summed E-state index contributed by atoms with van der Waals surface area (Å²) in [5.41, 5.74) is 6.00. The predicted octanol–water partition coefficient (Wildman–Crippen LogP) is 4.27. The summed E-state index contributed by atoms with van der Waals surface area (Å²) >= 11 is 6.42. The molecule has 6 nitrogen and oxygen atoms in total. The molecule has 0 amide bonds. The van der Waals surface area contributed by atoms with E-state index >= 15 is 0 Å². The number of aliphatic imine (C=N–C) groups is 1. The van der Waals surface area contributed by atoms with Crippen LogP contribution in [0.1, 0.15) is 41.4 Å². The highest BCUT2D eigenvalue weighted by molar-refractivity contribution is 6.35. The lowest BCUT2D eigenvalue weighted by atomic mass is 10.1. The third-order valence-corrected chi connectivity index (χ3v) is 4.86. The first kappa shape index (κ1) is 14.6. The van der Waals surface area contributed by atoms with E-state index < -0.39 is 0 Å². The molecule has 2 N–H and O–H groups in total. The Balaban J connectivity index is 1.78. The van der Waals surface area contributed by atoms with Crippen LogP contribution in [-0.4, -0.2) is 25.9 Å². The predicted molar refractivity (Wildman–Crippen MR) is 97.4 cm³/mol. The van der Waals surface area contributed by atoms with Crippen LogP contribution in [0.15, 0.2) is 35.6 Å². The third kappa shape index (κ3) is 2.41. The number of aryl methyl sites for hydroxylation is 1. The van der Waals surface area contributed by atoms with Crippen LogP contribution < -0.4 is 5.32 Å². The van der Waals surface area contributed by atoms with Gasteiger partial charge in [0.05, 0.1) is 16.4 Å². The van der Waals surface area contributed by atoms with Gasteiger partial charge in [-0.15, -0.1) is 0 Å². The molecule has 124 valence electrons. The van der Waals surface area contributed by atoms with Crippen molar-refractivity contribution < 1.29 is 0 Å². The van der Waals surface area contributed by atoms with E-state index in [2.05, 4.69) is 32.6 Å². The van der Waals surface area contributed by atoms with Crippen molar-refractivity contribution in [2.75, 3.05) is 5.32 Å². The zero-order valence-electron chi connectivity index (χ0n) is 13.5. The lowest BCUT2D eigenvalue weighted by molar-refractivity contribution is 1.01. The maximum atomic E-state index is 6.42. The Bertz CT molecular complexity index is 1020. The molecule has 0 unspecified atom stereocenters. The Kier molecular flexibility index (Phi) is 3.15. The molecule has 0 radical (unpaired) electrons. The maximum Gasteiger partial charge on any atom is 0.178 e. The van der Waals surface area contributed by atoms with Crippen LogP contribution in [0.4, 0.5) is 17.2 Å². The molecule has 2 aliphatic rings. The van der Waals surface area contributed by atoms with Crippen molar-refractivity contribution in [2.45, 2.75) is 25.7 Å². The molecule has 0 atom stereocenters. The Hall–Kier alpha value is -2.73. The Morgan fingerprint density at radius 1 is 1.20 bits per heavy atom. The SMILES string of the molecule is Cc1[nH]nc2c1N=C(c1ccncc1Cl)c1nc(C3CC3)ccc1N2. The standard InChI is InChI=1S/C18H15ClN6/c1-9-15-18(25-24-9)22-14-5-4-13(10-2-3-10)21-17(14)16(23-15)11-6-7-20-8-12(11)19/h4-8,10H,2-3H2,1H3,(H2,22,24,25). The molecule has 0 aromatic carbocycles. The van der Waals surface area contributed by atoms with Gasteiger partial charge in [-0.3, -0.25) is 10.1 Å². The number of H-pyrrole nitrogens is 1. The molecule has 25 heavy (non-hydrogen) atoms. The van der Waals surface area contributed by atoms with Gasteiger partial charge in [0.15, 0.2) is 5.82 Å². The van der Waals surface area contributed by atoms with Gasteiger partial charge in [0, 0.05) is 29.6 Å². The van der Waals surface area contributed by atoms with E-state index in [4.69, 9.17) is 21.6 Å². The fraction of sp³-hybridized carbons (Fsp3) is 0.222. The fourth-order valence-electron chi connectivity index (χ4n) is 3.06. The minimum atomic E-state index is 0.551. The number of pyridine rings is 2. The van der Waals surface area contributed by atoms with E-state index in [1.165, 1.54) is 12.8 Å². The molecular formula is C18H15ClN6. The molecule has 4 heterocycles. The van der Waals surface area contributed by atoms with Crippen LogP contribution >= 0.6 is 11.6 Å². The molecule has 3 aromatic rings. The van der Waals surface area contributed by atoms with E-state index in [-0.39, 0.29) is 0 Å². The fourth-order valence-corrected chi connectivity index (χ4v) is 3.27. The van der Waals surface area contributed by atoms with Crippen molar-refractivity contribution in [1.29, 1.82) is 0 Å². The van der Waals surface area contributed by atoms with Crippen LogP contribution in [0, 0.1) is 6.92 Å². The van der Waals surface area contributed by atoms with E-state index in [0.717, 1.165) is 39.7 Å². The van der Waals surface area contributed by atoms with E-state index in [1.807, 2.05) is 13.0 Å². The van der Waals surface area contributed by atoms with Crippen molar-refractivity contribution in [3.05, 3.63) is 58.3 Å². The van der Waals surface area contributed by atoms with Gasteiger partial charge in [-0.2, -0.15) is 5.10 Å². The van der Waals surface area contributed by atoms with Gasteiger partial charge in [0.1, 0.15) is 17.1 Å². The average Bonchev–Trinajstić information content (AvgIpc) is 3.42. The number of rotatable bonds is 2. The van der Waals surface area contributed by atoms with Crippen molar-refractivity contribution in [3.63, 3.8) is 0 Å². The van der Waals surface area contributed by atoms with E-state index in [0.29, 0.717) is 16.8 Å². The molecule has 5 rings (SSSR count). The highest BCUT2D eigenvalue weighted by Crippen LogP contribution is 2.41. The first-order valence-electron chi connectivity index (χ1n) is 8.22. The van der Waals surface area contributed by atoms with E-state index in [1.54, 1.807) is 12.4 Å². The monoisotopic (exact) mass is 350 g/mol. The number of fused-ring (bicyclic) bond motifs is 2. The number of nitrogens with zero attached hydrogens (tertiary/aromatic N) is 4. The summed E-state index contributed by atoms with van der Waals surface area (Å²) < 4.78 is 0. The number of nitrogens with one attached hydrogen (secondary N) is 2. The molecule has 1 aliphatic heterocycles. The zero-order chi connectivity index (χ0) is 17.0. The summed E-state index contributed by atoms with van der Waals surface area (Å²) in [7, 11) is 0. The maximum absolute atomic E-state index is 6.42. The largest absolute Gasteiger partial charge is 0.335 e. The van der Waals surface area contributed by atoms with Gasteiger partial charge >= 0.3 is 0 Å². The van der Waals surface area contributed by atoms with Crippen molar-refractivity contribution in [3.8, 4) is 0 Å². The average molecular weight is 351 g/mol. The second-order valence-electron chi connectivity index (χ2n) is 6.39. The van der Waals surface area contributed by atoms with Crippen LogP contribution in [0.3, 0.4) is 0 Å². The quantitative estimate of drug-likeness (QED) is 0.566. The van der Waals surface area contributed by atoms with Gasteiger partial charge in [-0.1, -0.05) is 11.6 Å². The molecule has 0 saturated heterocycles. The van der Waals surface area contributed by atoms with Gasteiger partial charge < -0.3 is 5.32 Å². The van der Waals surface area contributed by atoms with Gasteiger partial charge in [-0.05, 0) is 38.0 Å². The number of halogens is 1. The Morgan fingerprint density at radius 2 is 2.08 bits per heavy atom. The molecule has 0 spiro atoms. The first-order valence-corrected chi connectivity index (χ1v) is 8.60. The summed E-state index contributed by atoms with van der Waals surface area (Å²) in [5.74, 6) is 1.25.